The second-order valence-electron chi connectivity index (χ2n) is 6.66. The largest absolute Gasteiger partial charge is 0.465 e. The van der Waals surface area contributed by atoms with Crippen molar-refractivity contribution in [3.05, 3.63) is 65.9 Å². The molecule has 1 aliphatic rings. The van der Waals surface area contributed by atoms with Crippen molar-refractivity contribution in [1.82, 2.24) is 4.98 Å². The number of amides is 1. The highest BCUT2D eigenvalue weighted by atomic mass is 16.5. The molecule has 0 atom stereocenters. The van der Waals surface area contributed by atoms with Crippen molar-refractivity contribution < 1.29 is 19.1 Å². The summed E-state index contributed by atoms with van der Waals surface area (Å²) in [6, 6.07) is 14.4. The number of ether oxygens (including phenoxy) is 2. The van der Waals surface area contributed by atoms with E-state index in [-0.39, 0.29) is 5.91 Å². The molecule has 1 aromatic heterocycles. The van der Waals surface area contributed by atoms with Gasteiger partial charge in [0.1, 0.15) is 0 Å². The molecule has 0 saturated carbocycles. The van der Waals surface area contributed by atoms with Crippen LogP contribution in [0.3, 0.4) is 0 Å². The Hall–Kier alpha value is -3.45. The van der Waals surface area contributed by atoms with Crippen LogP contribution >= 0.6 is 0 Å². The van der Waals surface area contributed by atoms with Crippen LogP contribution in [0.4, 0.5) is 11.4 Å². The quantitative estimate of drug-likeness (QED) is 0.689. The lowest BCUT2D eigenvalue weighted by atomic mass is 10.1. The first-order valence-electron chi connectivity index (χ1n) is 9.37. The first-order chi connectivity index (χ1) is 14.2. The number of pyridine rings is 1. The zero-order valence-electron chi connectivity index (χ0n) is 16.1. The van der Waals surface area contributed by atoms with Gasteiger partial charge in [0.25, 0.3) is 5.91 Å². The number of hydrogen-bond donors (Lipinski definition) is 1. The zero-order valence-corrected chi connectivity index (χ0v) is 16.1. The molecular formula is C22H21N3O4. The van der Waals surface area contributed by atoms with Gasteiger partial charge in [-0.1, -0.05) is 18.2 Å². The van der Waals surface area contributed by atoms with E-state index in [2.05, 4.69) is 10.3 Å². The van der Waals surface area contributed by atoms with Gasteiger partial charge in [0, 0.05) is 24.7 Å². The number of anilines is 2. The first-order valence-corrected chi connectivity index (χ1v) is 9.37. The van der Waals surface area contributed by atoms with Crippen molar-refractivity contribution in [3.63, 3.8) is 0 Å². The van der Waals surface area contributed by atoms with Crippen molar-refractivity contribution in [2.75, 3.05) is 43.6 Å². The minimum Gasteiger partial charge on any atom is -0.465 e. The van der Waals surface area contributed by atoms with Crippen LogP contribution in [0, 0.1) is 0 Å². The van der Waals surface area contributed by atoms with Gasteiger partial charge >= 0.3 is 5.97 Å². The molecule has 0 radical (unpaired) electrons. The van der Waals surface area contributed by atoms with E-state index in [4.69, 9.17) is 9.47 Å². The van der Waals surface area contributed by atoms with Crippen molar-refractivity contribution >= 4 is 34.2 Å². The van der Waals surface area contributed by atoms with Gasteiger partial charge in [0.05, 0.1) is 48.3 Å². The monoisotopic (exact) mass is 391 g/mol. The summed E-state index contributed by atoms with van der Waals surface area (Å²) in [5.41, 5.74) is 2.92. The summed E-state index contributed by atoms with van der Waals surface area (Å²) in [4.78, 5) is 31.6. The molecule has 0 bridgehead atoms. The molecule has 2 aromatic carbocycles. The number of esters is 1. The van der Waals surface area contributed by atoms with Crippen LogP contribution in [0.5, 0.6) is 0 Å². The zero-order chi connectivity index (χ0) is 20.2. The number of methoxy groups -OCH3 is 1. The van der Waals surface area contributed by atoms with Crippen molar-refractivity contribution in [2.45, 2.75) is 0 Å². The van der Waals surface area contributed by atoms with E-state index in [1.165, 1.54) is 7.11 Å². The van der Waals surface area contributed by atoms with E-state index in [0.29, 0.717) is 48.8 Å². The second kappa shape index (κ2) is 8.28. The lowest BCUT2D eigenvalue weighted by Gasteiger charge is -2.30. The molecule has 1 saturated heterocycles. The first kappa shape index (κ1) is 18.9. The van der Waals surface area contributed by atoms with E-state index in [1.807, 2.05) is 35.2 Å². The maximum Gasteiger partial charge on any atom is 0.337 e. The third kappa shape index (κ3) is 3.90. The summed E-state index contributed by atoms with van der Waals surface area (Å²) in [6.07, 6.45) is 1.70. The third-order valence-electron chi connectivity index (χ3n) is 4.90. The standard InChI is InChI=1S/C22H21N3O4/c1-28-22(27)16-7-8-17(19(14-16)25-10-12-29-13-11-25)21(26)24-18-6-2-4-15-5-3-9-23-20(15)18/h2-9,14H,10-13H2,1H3,(H,24,26). The molecule has 1 fully saturated rings. The van der Waals surface area contributed by atoms with Gasteiger partial charge in [-0.2, -0.15) is 0 Å². The molecule has 3 aromatic rings. The van der Waals surface area contributed by atoms with E-state index in [9.17, 15) is 9.59 Å². The van der Waals surface area contributed by atoms with E-state index >= 15 is 0 Å². The Bertz CT molecular complexity index is 1060. The molecular weight excluding hydrogens is 370 g/mol. The minimum atomic E-state index is -0.440. The summed E-state index contributed by atoms with van der Waals surface area (Å²) in [6.45, 7) is 2.41. The molecule has 7 nitrogen and oxygen atoms in total. The number of rotatable bonds is 4. The topological polar surface area (TPSA) is 80.8 Å². The van der Waals surface area contributed by atoms with Gasteiger partial charge in [-0.05, 0) is 30.3 Å². The number of benzene rings is 2. The van der Waals surface area contributed by atoms with Gasteiger partial charge in [-0.25, -0.2) is 4.79 Å². The summed E-state index contributed by atoms with van der Waals surface area (Å²) >= 11 is 0. The molecule has 0 spiro atoms. The van der Waals surface area contributed by atoms with Crippen LogP contribution in [0.2, 0.25) is 0 Å². The van der Waals surface area contributed by atoms with Crippen LogP contribution in [-0.4, -0.2) is 50.3 Å². The molecule has 1 aliphatic heterocycles. The van der Waals surface area contributed by atoms with Gasteiger partial charge < -0.3 is 19.7 Å². The molecule has 29 heavy (non-hydrogen) atoms. The number of nitrogens with zero attached hydrogens (tertiary/aromatic N) is 2. The minimum absolute atomic E-state index is 0.263. The number of fused-ring (bicyclic) bond motifs is 1. The predicted octanol–water partition coefficient (Wildman–Crippen LogP) is 3.11. The highest BCUT2D eigenvalue weighted by molar-refractivity contribution is 6.11. The molecule has 2 heterocycles. The Labute approximate surface area is 168 Å². The van der Waals surface area contributed by atoms with Crippen molar-refractivity contribution in [2.24, 2.45) is 0 Å². The fourth-order valence-corrected chi connectivity index (χ4v) is 3.43. The van der Waals surface area contributed by atoms with Crippen LogP contribution < -0.4 is 10.2 Å². The van der Waals surface area contributed by atoms with E-state index in [0.717, 1.165) is 10.9 Å². The summed E-state index contributed by atoms with van der Waals surface area (Å²) in [7, 11) is 1.34. The molecule has 0 unspecified atom stereocenters. The van der Waals surface area contributed by atoms with Crippen LogP contribution in [0.15, 0.2) is 54.7 Å². The predicted molar refractivity (Wildman–Crippen MR) is 111 cm³/mol. The average molecular weight is 391 g/mol. The smallest absolute Gasteiger partial charge is 0.337 e. The number of aromatic nitrogens is 1. The summed E-state index contributed by atoms with van der Waals surface area (Å²) in [5.74, 6) is -0.703. The molecule has 4 rings (SSSR count). The Balaban J connectivity index is 1.70. The fourth-order valence-electron chi connectivity index (χ4n) is 3.43. The van der Waals surface area contributed by atoms with Crippen LogP contribution in [-0.2, 0) is 9.47 Å². The molecule has 7 heteroatoms. The molecule has 0 aliphatic carbocycles. The molecule has 148 valence electrons. The second-order valence-corrected chi connectivity index (χ2v) is 6.66. The van der Waals surface area contributed by atoms with Crippen molar-refractivity contribution in [1.29, 1.82) is 0 Å². The number of carbonyl (C=O) groups is 2. The summed E-state index contributed by atoms with van der Waals surface area (Å²) < 4.78 is 10.3. The van der Waals surface area contributed by atoms with E-state index in [1.54, 1.807) is 24.4 Å². The van der Waals surface area contributed by atoms with E-state index < -0.39 is 5.97 Å². The Morgan fingerprint density at radius 2 is 1.90 bits per heavy atom. The maximum absolute atomic E-state index is 13.2. The number of morpholine rings is 1. The molecule has 1 amide bonds. The fraction of sp³-hybridized carbons (Fsp3) is 0.227. The number of nitrogens with one attached hydrogen (secondary N) is 1. The average Bonchev–Trinajstić information content (AvgIpc) is 2.79. The molecule has 1 N–H and O–H groups in total. The number of hydrogen-bond acceptors (Lipinski definition) is 6. The lowest BCUT2D eigenvalue weighted by molar-refractivity contribution is 0.0600. The van der Waals surface area contributed by atoms with Gasteiger partial charge in [-0.3, -0.25) is 9.78 Å². The van der Waals surface area contributed by atoms with Crippen LogP contribution in [0.25, 0.3) is 10.9 Å². The Morgan fingerprint density at radius 3 is 2.69 bits per heavy atom. The highest BCUT2D eigenvalue weighted by Gasteiger charge is 2.21. The normalized spacial score (nSPS) is 13.9. The SMILES string of the molecule is COC(=O)c1ccc(C(=O)Nc2cccc3cccnc23)c(N2CCOCC2)c1. The van der Waals surface area contributed by atoms with Crippen LogP contribution in [0.1, 0.15) is 20.7 Å². The maximum atomic E-state index is 13.2. The Morgan fingerprint density at radius 1 is 1.10 bits per heavy atom. The number of para-hydroxylation sites is 1. The summed E-state index contributed by atoms with van der Waals surface area (Å²) in [5, 5.41) is 3.91. The third-order valence-corrected chi connectivity index (χ3v) is 4.90. The Kier molecular flexibility index (Phi) is 5.39. The van der Waals surface area contributed by atoms with Gasteiger partial charge in [-0.15, -0.1) is 0 Å². The lowest BCUT2D eigenvalue weighted by Crippen LogP contribution is -2.37. The van der Waals surface area contributed by atoms with Gasteiger partial charge in [0.2, 0.25) is 0 Å². The highest BCUT2D eigenvalue weighted by Crippen LogP contribution is 2.27. The van der Waals surface area contributed by atoms with Crippen molar-refractivity contribution in [3.8, 4) is 0 Å². The van der Waals surface area contributed by atoms with Gasteiger partial charge in [0.15, 0.2) is 0 Å². The number of carbonyl (C=O) groups excluding carboxylic acids is 2.